The maximum absolute atomic E-state index is 9.99. The molecule has 0 fully saturated rings. The maximum atomic E-state index is 9.99. The molecule has 1 heterocycles. The van der Waals surface area contributed by atoms with Crippen molar-refractivity contribution in [2.24, 2.45) is 5.92 Å². The third-order valence-electron chi connectivity index (χ3n) is 2.93. The first kappa shape index (κ1) is 14.3. The molecule has 0 aliphatic heterocycles. The first-order valence-corrected chi connectivity index (χ1v) is 6.70. The molecule has 0 aromatic carbocycles. The molecular formula is C12H20BrN3O. The zero-order valence-corrected chi connectivity index (χ0v) is 11.9. The van der Waals surface area contributed by atoms with Crippen LogP contribution in [0, 0.1) is 5.92 Å². The van der Waals surface area contributed by atoms with Crippen LogP contribution in [0.25, 0.3) is 0 Å². The van der Waals surface area contributed by atoms with E-state index in [9.17, 15) is 5.11 Å². The number of nitrogens with one attached hydrogen (secondary N) is 1. The van der Waals surface area contributed by atoms with Gasteiger partial charge in [-0.3, -0.25) is 0 Å². The fourth-order valence-corrected chi connectivity index (χ4v) is 2.29. The third-order valence-corrected chi connectivity index (χ3v) is 3.54. The number of nitrogen functional groups attached to an aromatic ring is 1. The minimum absolute atomic E-state index is 0.329. The van der Waals surface area contributed by atoms with Crippen molar-refractivity contribution in [2.45, 2.75) is 32.8 Å². The minimum atomic E-state index is -0.351. The van der Waals surface area contributed by atoms with Crippen LogP contribution < -0.4 is 11.1 Å². The number of hydrogen-bond acceptors (Lipinski definition) is 4. The van der Waals surface area contributed by atoms with E-state index in [1.807, 2.05) is 0 Å². The highest BCUT2D eigenvalue weighted by Gasteiger charge is 2.15. The van der Waals surface area contributed by atoms with Gasteiger partial charge in [-0.2, -0.15) is 0 Å². The molecule has 4 nitrogen and oxygen atoms in total. The van der Waals surface area contributed by atoms with Crippen molar-refractivity contribution in [3.63, 3.8) is 0 Å². The van der Waals surface area contributed by atoms with Crippen molar-refractivity contribution in [2.75, 3.05) is 17.6 Å². The summed E-state index contributed by atoms with van der Waals surface area (Å²) < 4.78 is 0.814. The lowest BCUT2D eigenvalue weighted by atomic mass is 9.97. The molecule has 0 aliphatic carbocycles. The Morgan fingerprint density at radius 3 is 2.65 bits per heavy atom. The fraction of sp³-hybridized carbons (Fsp3) is 0.583. The van der Waals surface area contributed by atoms with Crippen molar-refractivity contribution in [3.05, 3.63) is 16.7 Å². The molecule has 4 N–H and O–H groups in total. The summed E-state index contributed by atoms with van der Waals surface area (Å²) in [6.45, 7) is 4.69. The number of aromatic nitrogens is 1. The van der Waals surface area contributed by atoms with E-state index >= 15 is 0 Å². The molecule has 0 radical (unpaired) electrons. The van der Waals surface area contributed by atoms with Crippen LogP contribution in [0.4, 0.5) is 11.5 Å². The number of nitrogens with zero attached hydrogens (tertiary/aromatic N) is 1. The second-order valence-electron chi connectivity index (χ2n) is 4.12. The second kappa shape index (κ2) is 6.81. The molecule has 96 valence electrons. The highest BCUT2D eigenvalue weighted by molar-refractivity contribution is 9.10. The van der Waals surface area contributed by atoms with E-state index in [-0.39, 0.29) is 6.10 Å². The fourth-order valence-electron chi connectivity index (χ4n) is 1.78. The summed E-state index contributed by atoms with van der Waals surface area (Å²) in [7, 11) is 0. The summed E-state index contributed by atoms with van der Waals surface area (Å²) in [5.41, 5.74) is 6.22. The van der Waals surface area contributed by atoms with E-state index in [0.717, 1.165) is 17.3 Å². The van der Waals surface area contributed by atoms with Crippen LogP contribution in [0.3, 0.4) is 0 Å². The standard InChI is InChI=1S/C12H20BrN3O/c1-3-8(4-2)11(17)7-16-12-10(13)5-9(14)6-15-12/h5-6,8,11,17H,3-4,7,14H2,1-2H3,(H,15,16). The normalized spacial score (nSPS) is 12.8. The lowest BCUT2D eigenvalue weighted by Crippen LogP contribution is -2.28. The molecule has 5 heteroatoms. The molecular weight excluding hydrogens is 282 g/mol. The maximum Gasteiger partial charge on any atom is 0.140 e. The number of rotatable bonds is 6. The van der Waals surface area contributed by atoms with Crippen molar-refractivity contribution in [1.29, 1.82) is 0 Å². The van der Waals surface area contributed by atoms with Crippen LogP contribution in [0.5, 0.6) is 0 Å². The molecule has 1 aromatic heterocycles. The van der Waals surface area contributed by atoms with Crippen molar-refractivity contribution in [3.8, 4) is 0 Å². The van der Waals surface area contributed by atoms with Gasteiger partial charge in [-0.15, -0.1) is 0 Å². The lowest BCUT2D eigenvalue weighted by Gasteiger charge is -2.20. The Hall–Kier alpha value is -0.810. The molecule has 0 aliphatic rings. The summed E-state index contributed by atoms with van der Waals surface area (Å²) in [4.78, 5) is 4.17. The smallest absolute Gasteiger partial charge is 0.140 e. The number of nitrogens with two attached hydrogens (primary N) is 1. The number of aliphatic hydroxyl groups excluding tert-OH is 1. The van der Waals surface area contributed by atoms with Gasteiger partial charge in [0, 0.05) is 6.54 Å². The van der Waals surface area contributed by atoms with Gasteiger partial charge < -0.3 is 16.2 Å². The van der Waals surface area contributed by atoms with Crippen molar-refractivity contribution in [1.82, 2.24) is 4.98 Å². The van der Waals surface area contributed by atoms with Gasteiger partial charge in [0.2, 0.25) is 0 Å². The molecule has 1 atom stereocenters. The Kier molecular flexibility index (Phi) is 5.71. The van der Waals surface area contributed by atoms with Gasteiger partial charge in [-0.25, -0.2) is 4.98 Å². The number of anilines is 2. The Balaban J connectivity index is 2.55. The van der Waals surface area contributed by atoms with Gasteiger partial charge in [0.15, 0.2) is 0 Å². The van der Waals surface area contributed by atoms with Crippen LogP contribution in [0.15, 0.2) is 16.7 Å². The topological polar surface area (TPSA) is 71.2 Å². The molecule has 0 bridgehead atoms. The first-order valence-electron chi connectivity index (χ1n) is 5.91. The molecule has 0 saturated heterocycles. The van der Waals surface area contributed by atoms with E-state index in [1.165, 1.54) is 0 Å². The Bertz CT molecular complexity index is 356. The van der Waals surface area contributed by atoms with Gasteiger partial charge in [0.25, 0.3) is 0 Å². The van der Waals surface area contributed by atoms with Gasteiger partial charge in [-0.1, -0.05) is 26.7 Å². The number of aliphatic hydroxyl groups is 1. The zero-order valence-electron chi connectivity index (χ0n) is 10.3. The minimum Gasteiger partial charge on any atom is -0.397 e. The quantitative estimate of drug-likeness (QED) is 0.755. The SMILES string of the molecule is CCC(CC)C(O)CNc1ncc(N)cc1Br. The van der Waals surface area contributed by atoms with Gasteiger partial charge in [-0.05, 0) is 27.9 Å². The lowest BCUT2D eigenvalue weighted by molar-refractivity contribution is 0.114. The second-order valence-corrected chi connectivity index (χ2v) is 4.98. The largest absolute Gasteiger partial charge is 0.397 e. The van der Waals surface area contributed by atoms with E-state index in [2.05, 4.69) is 40.1 Å². The van der Waals surface area contributed by atoms with Gasteiger partial charge >= 0.3 is 0 Å². The highest BCUT2D eigenvalue weighted by Crippen LogP contribution is 2.22. The summed E-state index contributed by atoms with van der Waals surface area (Å²) >= 11 is 3.38. The van der Waals surface area contributed by atoms with Gasteiger partial charge in [0.05, 0.1) is 22.5 Å². The van der Waals surface area contributed by atoms with E-state index in [1.54, 1.807) is 12.3 Å². The number of pyridine rings is 1. The Labute approximate surface area is 111 Å². The van der Waals surface area contributed by atoms with Crippen LogP contribution in [-0.4, -0.2) is 22.7 Å². The molecule has 17 heavy (non-hydrogen) atoms. The van der Waals surface area contributed by atoms with E-state index in [4.69, 9.17) is 5.73 Å². The monoisotopic (exact) mass is 301 g/mol. The summed E-state index contributed by atoms with van der Waals surface area (Å²) in [6.07, 6.45) is 3.21. The van der Waals surface area contributed by atoms with Crippen molar-refractivity contribution < 1.29 is 5.11 Å². The van der Waals surface area contributed by atoms with Crippen LogP contribution in [0.1, 0.15) is 26.7 Å². The average molecular weight is 302 g/mol. The average Bonchev–Trinajstić information content (AvgIpc) is 2.29. The van der Waals surface area contributed by atoms with E-state index in [0.29, 0.717) is 24.0 Å². The molecule has 0 saturated carbocycles. The molecule has 0 amide bonds. The summed E-state index contributed by atoms with van der Waals surface area (Å²) in [5.74, 6) is 1.04. The van der Waals surface area contributed by atoms with Crippen molar-refractivity contribution >= 4 is 27.4 Å². The molecule has 1 aromatic rings. The first-order chi connectivity index (χ1) is 8.08. The third kappa shape index (κ3) is 4.16. The predicted octanol–water partition coefficient (Wildman–Crippen LogP) is 2.64. The molecule has 1 rings (SSSR count). The molecule has 1 unspecified atom stereocenters. The summed E-state index contributed by atoms with van der Waals surface area (Å²) in [6, 6.07) is 1.79. The predicted molar refractivity (Wildman–Crippen MR) is 74.9 cm³/mol. The summed E-state index contributed by atoms with van der Waals surface area (Å²) in [5, 5.41) is 13.1. The van der Waals surface area contributed by atoms with E-state index < -0.39 is 0 Å². The van der Waals surface area contributed by atoms with Crippen LogP contribution >= 0.6 is 15.9 Å². The molecule has 0 spiro atoms. The Morgan fingerprint density at radius 1 is 1.47 bits per heavy atom. The van der Waals surface area contributed by atoms with Crippen LogP contribution in [0.2, 0.25) is 0 Å². The zero-order chi connectivity index (χ0) is 12.8. The highest BCUT2D eigenvalue weighted by atomic mass is 79.9. The number of halogens is 1. The van der Waals surface area contributed by atoms with Crippen LogP contribution in [-0.2, 0) is 0 Å². The van der Waals surface area contributed by atoms with Gasteiger partial charge in [0.1, 0.15) is 5.82 Å². The number of hydrogen-bond donors (Lipinski definition) is 3. The Morgan fingerprint density at radius 2 is 2.12 bits per heavy atom.